The lowest BCUT2D eigenvalue weighted by molar-refractivity contribution is -0.143. The van der Waals surface area contributed by atoms with E-state index in [1.165, 1.54) is 7.11 Å². The summed E-state index contributed by atoms with van der Waals surface area (Å²) in [7, 11) is 1.22. The number of rotatable bonds is 7. The number of aryl methyl sites for hydroxylation is 2. The lowest BCUT2D eigenvalue weighted by atomic mass is 9.95. The van der Waals surface area contributed by atoms with E-state index in [0.717, 1.165) is 21.9 Å². The van der Waals surface area contributed by atoms with E-state index in [9.17, 15) is 14.7 Å². The monoisotopic (exact) mass is 382 g/mol. The number of ether oxygens (including phenoxy) is 1. The Morgan fingerprint density at radius 1 is 1.20 bits per heavy atom. The number of fused-ring (bicyclic) bond motifs is 1. The molecule has 0 heterocycles. The van der Waals surface area contributed by atoms with Gasteiger partial charge in [0.15, 0.2) is 0 Å². The first-order valence-electron chi connectivity index (χ1n) is 7.95. The summed E-state index contributed by atoms with van der Waals surface area (Å²) < 4.78 is 4.45. The van der Waals surface area contributed by atoms with Crippen LogP contribution in [0.5, 0.6) is 0 Å². The number of benzene rings is 2. The number of hydrogen-bond acceptors (Lipinski definition) is 4. The highest BCUT2D eigenvalue weighted by Gasteiger charge is 2.17. The molecule has 0 bridgehead atoms. The third-order valence-electron chi connectivity index (χ3n) is 4.12. The van der Waals surface area contributed by atoms with Gasteiger partial charge in [-0.25, -0.2) is 0 Å². The molecule has 2 aromatic carbocycles. The Balaban J connectivity index is 2.11. The van der Waals surface area contributed by atoms with Crippen LogP contribution in [0.4, 0.5) is 0 Å². The molecule has 1 N–H and O–H groups in total. The summed E-state index contributed by atoms with van der Waals surface area (Å²) in [6.07, 6.45) is -0.391. The third-order valence-corrected chi connectivity index (χ3v) is 4.70. The zero-order valence-corrected chi connectivity index (χ0v) is 15.7. The molecule has 0 saturated carbocycles. The van der Waals surface area contributed by atoms with Crippen LogP contribution in [-0.2, 0) is 20.7 Å². The lowest BCUT2D eigenvalue weighted by Gasteiger charge is -2.14. The van der Waals surface area contributed by atoms with Gasteiger partial charge in [-0.3, -0.25) is 9.59 Å². The molecule has 0 saturated heterocycles. The minimum atomic E-state index is -0.844. The van der Waals surface area contributed by atoms with Crippen LogP contribution in [0.3, 0.4) is 0 Å². The van der Waals surface area contributed by atoms with Crippen LogP contribution < -0.4 is 0 Å². The van der Waals surface area contributed by atoms with Crippen molar-refractivity contribution in [2.45, 2.75) is 38.7 Å². The summed E-state index contributed by atoms with van der Waals surface area (Å²) in [6, 6.07) is 7.53. The molecule has 1 atom stereocenters. The summed E-state index contributed by atoms with van der Waals surface area (Å²) in [4.78, 5) is 22.8. The van der Waals surface area contributed by atoms with Gasteiger partial charge in [-0.05, 0) is 59.9 Å². The summed E-state index contributed by atoms with van der Waals surface area (Å²) in [5, 5.41) is 13.3. The standard InChI is InChI=1S/C19H20Cl2O4/c1-11-7-18(21)16(17-8-12(20)3-5-15(11)17)6-4-13(22)9-14(23)10-19(24)25-2/h3,5,7-8,13,22H,4,6,9-10H2,1-2H3. The van der Waals surface area contributed by atoms with Gasteiger partial charge in [0.05, 0.1) is 13.2 Å². The Morgan fingerprint density at radius 3 is 2.60 bits per heavy atom. The molecular formula is C19H20Cl2O4. The minimum absolute atomic E-state index is 0.0860. The van der Waals surface area contributed by atoms with E-state index in [4.69, 9.17) is 23.2 Å². The van der Waals surface area contributed by atoms with Gasteiger partial charge in [-0.1, -0.05) is 29.3 Å². The molecule has 1 unspecified atom stereocenters. The Bertz CT molecular complexity index is 802. The second-order valence-corrected chi connectivity index (χ2v) is 6.88. The highest BCUT2D eigenvalue weighted by molar-refractivity contribution is 6.33. The van der Waals surface area contributed by atoms with Crippen molar-refractivity contribution < 1.29 is 19.4 Å². The number of carbonyl (C=O) groups is 2. The SMILES string of the molecule is COC(=O)CC(=O)CC(O)CCc1c(Cl)cc(C)c2ccc(Cl)cc12. The Labute approximate surface area is 156 Å². The maximum absolute atomic E-state index is 11.7. The second-order valence-electron chi connectivity index (χ2n) is 6.03. The molecule has 2 aromatic rings. The van der Waals surface area contributed by atoms with Crippen molar-refractivity contribution in [1.29, 1.82) is 0 Å². The number of esters is 1. The van der Waals surface area contributed by atoms with Crippen molar-refractivity contribution in [3.05, 3.63) is 45.4 Å². The highest BCUT2D eigenvalue weighted by Crippen LogP contribution is 2.32. The average molecular weight is 383 g/mol. The van der Waals surface area contributed by atoms with Crippen molar-refractivity contribution in [2.24, 2.45) is 0 Å². The van der Waals surface area contributed by atoms with E-state index in [0.29, 0.717) is 22.9 Å². The molecular weight excluding hydrogens is 363 g/mol. The van der Waals surface area contributed by atoms with Crippen LogP contribution in [0.25, 0.3) is 10.8 Å². The van der Waals surface area contributed by atoms with Crippen molar-refractivity contribution in [1.82, 2.24) is 0 Å². The number of aliphatic hydroxyl groups is 1. The van der Waals surface area contributed by atoms with Gasteiger partial charge in [0.25, 0.3) is 0 Å². The molecule has 134 valence electrons. The van der Waals surface area contributed by atoms with E-state index in [2.05, 4.69) is 4.74 Å². The smallest absolute Gasteiger partial charge is 0.313 e. The molecule has 25 heavy (non-hydrogen) atoms. The molecule has 0 amide bonds. The molecule has 4 nitrogen and oxygen atoms in total. The lowest BCUT2D eigenvalue weighted by Crippen LogP contribution is -2.17. The summed E-state index contributed by atoms with van der Waals surface area (Å²) >= 11 is 12.5. The normalized spacial score (nSPS) is 12.2. The van der Waals surface area contributed by atoms with Crippen molar-refractivity contribution >= 4 is 45.7 Å². The Hall–Kier alpha value is -1.62. The fourth-order valence-electron chi connectivity index (χ4n) is 2.83. The van der Waals surface area contributed by atoms with Crippen LogP contribution in [-0.4, -0.2) is 30.1 Å². The predicted molar refractivity (Wildman–Crippen MR) is 99.3 cm³/mol. The molecule has 0 aliphatic heterocycles. The van der Waals surface area contributed by atoms with Gasteiger partial charge in [0.1, 0.15) is 12.2 Å². The number of carbonyl (C=O) groups excluding carboxylic acids is 2. The number of aliphatic hydroxyl groups excluding tert-OH is 1. The van der Waals surface area contributed by atoms with E-state index in [1.54, 1.807) is 0 Å². The quantitative estimate of drug-likeness (QED) is 0.573. The van der Waals surface area contributed by atoms with Crippen LogP contribution in [0.1, 0.15) is 30.4 Å². The molecule has 6 heteroatoms. The Kier molecular flexibility index (Phi) is 6.82. The van der Waals surface area contributed by atoms with Crippen LogP contribution in [0, 0.1) is 6.92 Å². The highest BCUT2D eigenvalue weighted by atomic mass is 35.5. The van der Waals surface area contributed by atoms with Gasteiger partial charge in [0.2, 0.25) is 0 Å². The topological polar surface area (TPSA) is 63.6 Å². The molecule has 0 aromatic heterocycles. The number of ketones is 1. The van der Waals surface area contributed by atoms with E-state index in [-0.39, 0.29) is 18.6 Å². The number of methoxy groups -OCH3 is 1. The maximum Gasteiger partial charge on any atom is 0.313 e. The first-order valence-corrected chi connectivity index (χ1v) is 8.71. The van der Waals surface area contributed by atoms with Gasteiger partial charge < -0.3 is 9.84 Å². The molecule has 2 rings (SSSR count). The summed E-state index contributed by atoms with van der Waals surface area (Å²) in [5.41, 5.74) is 1.94. The van der Waals surface area contributed by atoms with Crippen LogP contribution in [0.15, 0.2) is 24.3 Å². The second kappa shape index (κ2) is 8.65. The Morgan fingerprint density at radius 2 is 1.92 bits per heavy atom. The van der Waals surface area contributed by atoms with E-state index < -0.39 is 12.1 Å². The van der Waals surface area contributed by atoms with Gasteiger partial charge in [-0.15, -0.1) is 0 Å². The minimum Gasteiger partial charge on any atom is -0.469 e. The predicted octanol–water partition coefficient (Wildman–Crippen LogP) is 4.27. The summed E-state index contributed by atoms with van der Waals surface area (Å²) in [5.74, 6) is -0.943. The first kappa shape index (κ1) is 19.7. The zero-order valence-electron chi connectivity index (χ0n) is 14.1. The molecule has 0 radical (unpaired) electrons. The molecule has 0 spiro atoms. The first-order chi connectivity index (χ1) is 11.8. The van der Waals surface area contributed by atoms with Crippen molar-refractivity contribution in [2.75, 3.05) is 7.11 Å². The zero-order chi connectivity index (χ0) is 18.6. The van der Waals surface area contributed by atoms with Gasteiger partial charge in [-0.2, -0.15) is 0 Å². The summed E-state index contributed by atoms with van der Waals surface area (Å²) in [6.45, 7) is 1.98. The van der Waals surface area contributed by atoms with Crippen LogP contribution >= 0.6 is 23.2 Å². The van der Waals surface area contributed by atoms with Gasteiger partial charge in [0, 0.05) is 16.5 Å². The van der Waals surface area contributed by atoms with E-state index in [1.807, 2.05) is 31.2 Å². The largest absolute Gasteiger partial charge is 0.469 e. The van der Waals surface area contributed by atoms with Crippen LogP contribution in [0.2, 0.25) is 10.0 Å². The molecule has 0 aliphatic carbocycles. The third kappa shape index (κ3) is 5.18. The molecule has 0 fully saturated rings. The number of hydrogen-bond donors (Lipinski definition) is 1. The fourth-order valence-corrected chi connectivity index (χ4v) is 3.36. The number of Topliss-reactive ketones (excluding diaryl/α,β-unsaturated/α-hetero) is 1. The van der Waals surface area contributed by atoms with Crippen molar-refractivity contribution in [3.63, 3.8) is 0 Å². The molecule has 0 aliphatic rings. The fraction of sp³-hybridized carbons (Fsp3) is 0.368. The van der Waals surface area contributed by atoms with Gasteiger partial charge >= 0.3 is 5.97 Å². The van der Waals surface area contributed by atoms with Crippen molar-refractivity contribution in [3.8, 4) is 0 Å². The maximum atomic E-state index is 11.7. The van der Waals surface area contributed by atoms with E-state index >= 15 is 0 Å². The number of halogens is 2. The average Bonchev–Trinajstić information content (AvgIpc) is 2.53.